The Bertz CT molecular complexity index is 776. The predicted molar refractivity (Wildman–Crippen MR) is 93.8 cm³/mol. The quantitative estimate of drug-likeness (QED) is 0.821. The summed E-state index contributed by atoms with van der Waals surface area (Å²) in [4.78, 5) is 22.4. The van der Waals surface area contributed by atoms with Gasteiger partial charge in [-0.3, -0.25) is 4.79 Å². The second kappa shape index (κ2) is 8.12. The number of hydrogen-bond donors (Lipinski definition) is 0. The van der Waals surface area contributed by atoms with Crippen LogP contribution in [-0.2, 0) is 0 Å². The minimum Gasteiger partial charge on any atom is -0.494 e. The van der Waals surface area contributed by atoms with Crippen LogP contribution in [0.5, 0.6) is 11.6 Å². The van der Waals surface area contributed by atoms with E-state index in [9.17, 15) is 9.18 Å². The van der Waals surface area contributed by atoms with Gasteiger partial charge in [-0.15, -0.1) is 0 Å². The lowest BCUT2D eigenvalue weighted by molar-refractivity contribution is 0.0658. The van der Waals surface area contributed by atoms with Crippen LogP contribution in [0.2, 0.25) is 0 Å². The Morgan fingerprint density at radius 1 is 1.27 bits per heavy atom. The Labute approximate surface area is 152 Å². The lowest BCUT2D eigenvalue weighted by Crippen LogP contribution is -2.39. The molecule has 6 nitrogen and oxygen atoms in total. The van der Waals surface area contributed by atoms with Gasteiger partial charge in [0.25, 0.3) is 5.91 Å². The summed E-state index contributed by atoms with van der Waals surface area (Å²) in [6.07, 6.45) is 3.17. The summed E-state index contributed by atoms with van der Waals surface area (Å²) >= 11 is 0. The molecule has 0 saturated carbocycles. The molecule has 1 aromatic carbocycles. The van der Waals surface area contributed by atoms with Crippen molar-refractivity contribution in [3.8, 4) is 11.6 Å². The first kappa shape index (κ1) is 18.1. The van der Waals surface area contributed by atoms with Crippen LogP contribution < -0.4 is 9.47 Å². The average molecular weight is 359 g/mol. The predicted octanol–water partition coefficient (Wildman–Crippen LogP) is 2.86. The third kappa shape index (κ3) is 4.28. The van der Waals surface area contributed by atoms with Gasteiger partial charge >= 0.3 is 0 Å². The molecule has 1 fully saturated rings. The van der Waals surface area contributed by atoms with Crippen molar-refractivity contribution in [2.45, 2.75) is 19.8 Å². The van der Waals surface area contributed by atoms with E-state index >= 15 is 0 Å². The summed E-state index contributed by atoms with van der Waals surface area (Å²) in [7, 11) is 1.40. The molecule has 1 saturated heterocycles. The first-order valence-corrected chi connectivity index (χ1v) is 8.61. The Morgan fingerprint density at radius 2 is 2.04 bits per heavy atom. The maximum Gasteiger partial charge on any atom is 0.253 e. The number of nitrogens with zero attached hydrogens (tertiary/aromatic N) is 3. The molecule has 3 rings (SSSR count). The summed E-state index contributed by atoms with van der Waals surface area (Å²) in [5, 5.41) is 0. The van der Waals surface area contributed by atoms with Crippen LogP contribution in [0, 0.1) is 18.7 Å². The van der Waals surface area contributed by atoms with Gasteiger partial charge < -0.3 is 14.4 Å². The highest BCUT2D eigenvalue weighted by Crippen LogP contribution is 2.22. The number of amides is 1. The zero-order valence-corrected chi connectivity index (χ0v) is 14.9. The van der Waals surface area contributed by atoms with E-state index in [0.29, 0.717) is 37.1 Å². The molecule has 0 aliphatic carbocycles. The number of rotatable bonds is 5. The minimum absolute atomic E-state index is 0.136. The number of likely N-dealkylation sites (tertiary alicyclic amines) is 1. The van der Waals surface area contributed by atoms with E-state index in [0.717, 1.165) is 18.5 Å². The summed E-state index contributed by atoms with van der Waals surface area (Å²) in [5.41, 5.74) is 1.21. The van der Waals surface area contributed by atoms with E-state index in [4.69, 9.17) is 9.47 Å². The van der Waals surface area contributed by atoms with Gasteiger partial charge in [0.2, 0.25) is 5.88 Å². The zero-order chi connectivity index (χ0) is 18.5. The minimum atomic E-state index is -0.526. The number of carbonyl (C=O) groups is 1. The molecule has 1 aliphatic heterocycles. The number of benzene rings is 1. The van der Waals surface area contributed by atoms with Crippen LogP contribution >= 0.6 is 0 Å². The Hall–Kier alpha value is -2.70. The first-order valence-electron chi connectivity index (χ1n) is 8.61. The van der Waals surface area contributed by atoms with E-state index < -0.39 is 5.82 Å². The molecule has 0 bridgehead atoms. The van der Waals surface area contributed by atoms with Gasteiger partial charge in [0, 0.05) is 30.4 Å². The van der Waals surface area contributed by atoms with Crippen molar-refractivity contribution < 1.29 is 18.7 Å². The van der Waals surface area contributed by atoms with Gasteiger partial charge in [-0.05, 0) is 43.9 Å². The normalized spacial score (nSPS) is 15.0. The molecular weight excluding hydrogens is 337 g/mol. The first-order chi connectivity index (χ1) is 12.6. The van der Waals surface area contributed by atoms with Gasteiger partial charge in [0.05, 0.1) is 13.7 Å². The third-order valence-corrected chi connectivity index (χ3v) is 4.55. The highest BCUT2D eigenvalue weighted by molar-refractivity contribution is 5.94. The molecule has 2 aromatic rings. The van der Waals surface area contributed by atoms with Crippen molar-refractivity contribution in [3.63, 3.8) is 0 Å². The fourth-order valence-electron chi connectivity index (χ4n) is 3.00. The molecule has 0 radical (unpaired) electrons. The highest BCUT2D eigenvalue weighted by atomic mass is 19.1. The molecule has 1 aromatic heterocycles. The average Bonchev–Trinajstić information content (AvgIpc) is 2.66. The molecule has 0 N–H and O–H groups in total. The molecule has 0 unspecified atom stereocenters. The van der Waals surface area contributed by atoms with Crippen LogP contribution in [0.15, 0.2) is 30.6 Å². The smallest absolute Gasteiger partial charge is 0.253 e. The number of methoxy groups -OCH3 is 1. The van der Waals surface area contributed by atoms with Gasteiger partial charge in [-0.25, -0.2) is 14.4 Å². The maximum absolute atomic E-state index is 13.8. The maximum atomic E-state index is 13.8. The number of piperidine rings is 1. The molecule has 7 heteroatoms. The van der Waals surface area contributed by atoms with E-state index in [1.165, 1.54) is 25.6 Å². The largest absolute Gasteiger partial charge is 0.494 e. The van der Waals surface area contributed by atoms with E-state index in [2.05, 4.69) is 9.97 Å². The number of aromatic nitrogens is 2. The van der Waals surface area contributed by atoms with Gasteiger partial charge in [0.1, 0.15) is 6.33 Å². The van der Waals surface area contributed by atoms with Crippen LogP contribution in [0.3, 0.4) is 0 Å². The molecule has 1 amide bonds. The van der Waals surface area contributed by atoms with E-state index in [-0.39, 0.29) is 11.7 Å². The molecule has 0 atom stereocenters. The van der Waals surface area contributed by atoms with Crippen molar-refractivity contribution >= 4 is 5.91 Å². The molecule has 26 heavy (non-hydrogen) atoms. The second-order valence-electron chi connectivity index (χ2n) is 6.39. The van der Waals surface area contributed by atoms with Crippen molar-refractivity contribution in [1.82, 2.24) is 14.9 Å². The molecule has 2 heterocycles. The fourth-order valence-corrected chi connectivity index (χ4v) is 3.00. The molecule has 0 spiro atoms. The Balaban J connectivity index is 1.51. The molecular formula is C19H22FN3O3. The monoisotopic (exact) mass is 359 g/mol. The molecule has 138 valence electrons. The van der Waals surface area contributed by atoms with Gasteiger partial charge in [0.15, 0.2) is 11.6 Å². The SMILES string of the molecule is COc1ccc(C(=O)N2CCC(COc3cc(C)ncn3)CC2)cc1F. The standard InChI is InChI=1S/C19H22FN3O3/c1-13-9-18(22-12-21-13)26-11-14-5-7-23(8-6-14)19(24)15-3-4-17(25-2)16(20)10-15/h3-4,9-10,12,14H,5-8,11H2,1-2H3. The van der Waals surface area contributed by atoms with Crippen LogP contribution in [0.1, 0.15) is 28.9 Å². The Kier molecular flexibility index (Phi) is 5.65. The number of halogens is 1. The summed E-state index contributed by atoms with van der Waals surface area (Å²) in [6, 6.07) is 6.11. The third-order valence-electron chi connectivity index (χ3n) is 4.55. The number of hydrogen-bond acceptors (Lipinski definition) is 5. The van der Waals surface area contributed by atoms with Gasteiger partial charge in [-0.2, -0.15) is 0 Å². The highest BCUT2D eigenvalue weighted by Gasteiger charge is 2.24. The van der Waals surface area contributed by atoms with Crippen molar-refractivity contribution in [2.75, 3.05) is 26.8 Å². The number of aryl methyl sites for hydroxylation is 1. The number of ether oxygens (including phenoxy) is 2. The summed E-state index contributed by atoms with van der Waals surface area (Å²) in [6.45, 7) is 3.71. The fraction of sp³-hybridized carbons (Fsp3) is 0.421. The van der Waals surface area contributed by atoms with Crippen molar-refractivity contribution in [2.24, 2.45) is 5.92 Å². The van der Waals surface area contributed by atoms with Crippen LogP contribution in [0.4, 0.5) is 4.39 Å². The topological polar surface area (TPSA) is 64.5 Å². The number of carbonyl (C=O) groups excluding carboxylic acids is 1. The lowest BCUT2D eigenvalue weighted by Gasteiger charge is -2.32. The zero-order valence-electron chi connectivity index (χ0n) is 14.9. The van der Waals surface area contributed by atoms with Gasteiger partial charge in [-0.1, -0.05) is 0 Å². The summed E-state index contributed by atoms with van der Waals surface area (Å²) < 4.78 is 24.4. The lowest BCUT2D eigenvalue weighted by atomic mass is 9.97. The van der Waals surface area contributed by atoms with E-state index in [1.54, 1.807) is 17.0 Å². The second-order valence-corrected chi connectivity index (χ2v) is 6.39. The molecule has 1 aliphatic rings. The van der Waals surface area contributed by atoms with Crippen LogP contribution in [0.25, 0.3) is 0 Å². The van der Waals surface area contributed by atoms with Crippen molar-refractivity contribution in [3.05, 3.63) is 47.7 Å². The Morgan fingerprint density at radius 3 is 2.69 bits per heavy atom. The van der Waals surface area contributed by atoms with Crippen LogP contribution in [-0.4, -0.2) is 47.6 Å². The van der Waals surface area contributed by atoms with Crippen molar-refractivity contribution in [1.29, 1.82) is 0 Å². The van der Waals surface area contributed by atoms with E-state index in [1.807, 2.05) is 6.92 Å². The summed E-state index contributed by atoms with van der Waals surface area (Å²) in [5.74, 6) is 0.392.